The fraction of sp³-hybridized carbons (Fsp3) is 0.562. The molecule has 2 aromatic rings. The predicted molar refractivity (Wildman–Crippen MR) is 86.4 cm³/mol. The molecule has 0 aliphatic carbocycles. The fourth-order valence-corrected chi connectivity index (χ4v) is 2.79. The summed E-state index contributed by atoms with van der Waals surface area (Å²) in [4.78, 5) is 8.38. The van der Waals surface area contributed by atoms with E-state index in [2.05, 4.69) is 33.5 Å². The Morgan fingerprint density at radius 3 is 3.09 bits per heavy atom. The summed E-state index contributed by atoms with van der Waals surface area (Å²) >= 11 is 0. The van der Waals surface area contributed by atoms with Crippen LogP contribution in [0.3, 0.4) is 0 Å². The monoisotopic (exact) mass is 317 g/mol. The van der Waals surface area contributed by atoms with Gasteiger partial charge in [0, 0.05) is 31.0 Å². The molecule has 2 aromatic heterocycles. The van der Waals surface area contributed by atoms with Crippen molar-refractivity contribution in [2.45, 2.75) is 45.4 Å². The Morgan fingerprint density at radius 2 is 2.30 bits per heavy atom. The Labute approximate surface area is 136 Å². The van der Waals surface area contributed by atoms with Gasteiger partial charge in [0.1, 0.15) is 18.2 Å². The van der Waals surface area contributed by atoms with Crippen LogP contribution in [0.25, 0.3) is 0 Å². The van der Waals surface area contributed by atoms with Gasteiger partial charge in [0.2, 0.25) is 5.88 Å². The molecule has 7 heteroatoms. The molecule has 0 spiro atoms. The lowest BCUT2D eigenvalue weighted by Crippen LogP contribution is -2.33. The topological polar surface area (TPSA) is 74.1 Å². The first kappa shape index (κ1) is 15.7. The van der Waals surface area contributed by atoms with Gasteiger partial charge >= 0.3 is 0 Å². The molecular formula is C16H23N5O2. The maximum atomic E-state index is 5.99. The van der Waals surface area contributed by atoms with Crippen LogP contribution in [0.4, 0.5) is 5.82 Å². The second-order valence-corrected chi connectivity index (χ2v) is 5.49. The van der Waals surface area contributed by atoms with Crippen LogP contribution in [0.1, 0.15) is 38.4 Å². The van der Waals surface area contributed by atoms with Gasteiger partial charge in [-0.15, -0.1) is 0 Å². The van der Waals surface area contributed by atoms with Crippen LogP contribution in [0.2, 0.25) is 0 Å². The van der Waals surface area contributed by atoms with Gasteiger partial charge in [-0.05, 0) is 26.7 Å². The standard InChI is InChI=1S/C16H23N5O2/c1-3-21-10-12(9-19-21)16-13(6-5-7-23-16)20-14-8-15(22-4-2)18-11-17-14/h8-11,13,16H,3-7H2,1-2H3,(H,17,18,20)/t13-,16+/m0/s1. The van der Waals surface area contributed by atoms with Crippen LogP contribution in [-0.2, 0) is 11.3 Å². The Kier molecular flexibility index (Phi) is 5.07. The average molecular weight is 317 g/mol. The van der Waals surface area contributed by atoms with Crippen LogP contribution < -0.4 is 10.1 Å². The van der Waals surface area contributed by atoms with Crippen molar-refractivity contribution in [3.05, 3.63) is 30.4 Å². The molecule has 0 amide bonds. The number of nitrogens with zero attached hydrogens (tertiary/aromatic N) is 4. The van der Waals surface area contributed by atoms with E-state index in [9.17, 15) is 0 Å². The van der Waals surface area contributed by atoms with Gasteiger partial charge in [-0.1, -0.05) is 0 Å². The number of nitrogens with one attached hydrogen (secondary N) is 1. The average Bonchev–Trinajstić information content (AvgIpc) is 3.05. The van der Waals surface area contributed by atoms with Crippen molar-refractivity contribution in [2.24, 2.45) is 0 Å². The predicted octanol–water partition coefficient (Wildman–Crippen LogP) is 2.42. The summed E-state index contributed by atoms with van der Waals surface area (Å²) in [5.41, 5.74) is 1.10. The lowest BCUT2D eigenvalue weighted by atomic mass is 9.98. The molecule has 2 atom stereocenters. The number of rotatable bonds is 6. The molecule has 0 aromatic carbocycles. The third-order valence-corrected chi connectivity index (χ3v) is 3.90. The summed E-state index contributed by atoms with van der Waals surface area (Å²) in [6.45, 7) is 6.22. The van der Waals surface area contributed by atoms with Gasteiger partial charge in [-0.25, -0.2) is 9.97 Å². The van der Waals surface area contributed by atoms with Crippen molar-refractivity contribution in [1.82, 2.24) is 19.7 Å². The molecule has 3 rings (SSSR count). The quantitative estimate of drug-likeness (QED) is 0.882. The highest BCUT2D eigenvalue weighted by molar-refractivity contribution is 5.39. The van der Waals surface area contributed by atoms with E-state index < -0.39 is 0 Å². The highest BCUT2D eigenvalue weighted by atomic mass is 16.5. The number of aromatic nitrogens is 4. The molecular weight excluding hydrogens is 294 g/mol. The molecule has 0 bridgehead atoms. The number of hydrogen-bond donors (Lipinski definition) is 1. The zero-order valence-electron chi connectivity index (χ0n) is 13.6. The molecule has 7 nitrogen and oxygen atoms in total. The number of aryl methyl sites for hydroxylation is 1. The van der Waals surface area contributed by atoms with Crippen molar-refractivity contribution >= 4 is 5.82 Å². The number of ether oxygens (including phenoxy) is 2. The van der Waals surface area contributed by atoms with E-state index in [1.165, 1.54) is 6.33 Å². The molecule has 1 saturated heterocycles. The molecule has 3 heterocycles. The van der Waals surface area contributed by atoms with Crippen molar-refractivity contribution in [1.29, 1.82) is 0 Å². The second-order valence-electron chi connectivity index (χ2n) is 5.49. The van der Waals surface area contributed by atoms with E-state index in [0.717, 1.165) is 37.4 Å². The van der Waals surface area contributed by atoms with Crippen molar-refractivity contribution in [3.63, 3.8) is 0 Å². The minimum Gasteiger partial charge on any atom is -0.478 e. The maximum Gasteiger partial charge on any atom is 0.218 e. The van der Waals surface area contributed by atoms with E-state index >= 15 is 0 Å². The summed E-state index contributed by atoms with van der Waals surface area (Å²) in [5, 5.41) is 7.82. The summed E-state index contributed by atoms with van der Waals surface area (Å²) in [6, 6.07) is 1.98. The molecule has 1 aliphatic rings. The van der Waals surface area contributed by atoms with E-state index in [-0.39, 0.29) is 12.1 Å². The highest BCUT2D eigenvalue weighted by Crippen LogP contribution is 2.30. The summed E-state index contributed by atoms with van der Waals surface area (Å²) in [5.74, 6) is 1.34. The summed E-state index contributed by atoms with van der Waals surface area (Å²) in [7, 11) is 0. The zero-order valence-corrected chi connectivity index (χ0v) is 13.6. The first-order valence-corrected chi connectivity index (χ1v) is 8.15. The van der Waals surface area contributed by atoms with Crippen LogP contribution in [0.5, 0.6) is 5.88 Å². The Hall–Kier alpha value is -2.15. The van der Waals surface area contributed by atoms with Gasteiger partial charge in [0.25, 0.3) is 0 Å². The van der Waals surface area contributed by atoms with Gasteiger partial charge in [-0.3, -0.25) is 4.68 Å². The lowest BCUT2D eigenvalue weighted by Gasteiger charge is -2.32. The van der Waals surface area contributed by atoms with E-state index in [4.69, 9.17) is 9.47 Å². The molecule has 23 heavy (non-hydrogen) atoms. The van der Waals surface area contributed by atoms with Crippen LogP contribution >= 0.6 is 0 Å². The third-order valence-electron chi connectivity index (χ3n) is 3.90. The van der Waals surface area contributed by atoms with Gasteiger partial charge < -0.3 is 14.8 Å². The van der Waals surface area contributed by atoms with Gasteiger partial charge in [-0.2, -0.15) is 5.10 Å². The first-order valence-electron chi connectivity index (χ1n) is 8.15. The number of hydrogen-bond acceptors (Lipinski definition) is 6. The minimum absolute atomic E-state index is 0.0189. The molecule has 1 fully saturated rings. The normalized spacial score (nSPS) is 21.1. The van der Waals surface area contributed by atoms with E-state index in [1.54, 1.807) is 0 Å². The lowest BCUT2D eigenvalue weighted by molar-refractivity contribution is 0.00550. The highest BCUT2D eigenvalue weighted by Gasteiger charge is 2.29. The summed E-state index contributed by atoms with van der Waals surface area (Å²) < 4.78 is 13.3. The van der Waals surface area contributed by atoms with Gasteiger partial charge in [0.15, 0.2) is 0 Å². The molecule has 0 radical (unpaired) electrons. The Bertz CT molecular complexity index is 630. The molecule has 1 N–H and O–H groups in total. The van der Waals surface area contributed by atoms with Gasteiger partial charge in [0.05, 0.1) is 18.8 Å². The van der Waals surface area contributed by atoms with Crippen LogP contribution in [-0.4, -0.2) is 39.0 Å². The Morgan fingerprint density at radius 1 is 1.39 bits per heavy atom. The SMILES string of the molecule is CCOc1cc(N[C@H]2CCCO[C@@H]2c2cnn(CC)c2)ncn1. The third kappa shape index (κ3) is 3.79. The van der Waals surface area contributed by atoms with Crippen LogP contribution in [0.15, 0.2) is 24.8 Å². The van der Waals surface area contributed by atoms with Crippen molar-refractivity contribution < 1.29 is 9.47 Å². The van der Waals surface area contributed by atoms with Crippen LogP contribution in [0, 0.1) is 0 Å². The minimum atomic E-state index is -0.0189. The van der Waals surface area contributed by atoms with E-state index in [1.807, 2.05) is 23.9 Å². The van der Waals surface area contributed by atoms with Crippen molar-refractivity contribution in [2.75, 3.05) is 18.5 Å². The van der Waals surface area contributed by atoms with Crippen molar-refractivity contribution in [3.8, 4) is 5.88 Å². The maximum absolute atomic E-state index is 5.99. The largest absolute Gasteiger partial charge is 0.478 e. The molecule has 1 aliphatic heterocycles. The number of anilines is 1. The second kappa shape index (κ2) is 7.41. The molecule has 124 valence electrons. The first-order chi connectivity index (χ1) is 11.3. The molecule has 0 unspecified atom stereocenters. The Balaban J connectivity index is 1.74. The summed E-state index contributed by atoms with van der Waals surface area (Å²) in [6.07, 6.45) is 7.49. The smallest absolute Gasteiger partial charge is 0.218 e. The van der Waals surface area contributed by atoms with E-state index in [0.29, 0.717) is 12.5 Å². The molecule has 0 saturated carbocycles. The fourth-order valence-electron chi connectivity index (χ4n) is 2.79. The zero-order chi connectivity index (χ0) is 16.1.